The molecule has 0 radical (unpaired) electrons. The van der Waals surface area contributed by atoms with Crippen LogP contribution < -0.4 is 11.1 Å². The first-order valence-corrected chi connectivity index (χ1v) is 9.67. The number of benzene rings is 3. The summed E-state index contributed by atoms with van der Waals surface area (Å²) in [6, 6.07) is 24.5. The van der Waals surface area contributed by atoms with E-state index >= 15 is 0 Å². The van der Waals surface area contributed by atoms with Crippen LogP contribution in [0.2, 0.25) is 0 Å². The van der Waals surface area contributed by atoms with Crippen LogP contribution in [0.25, 0.3) is 22.2 Å². The van der Waals surface area contributed by atoms with E-state index in [1.54, 1.807) is 31.2 Å². The van der Waals surface area contributed by atoms with Gasteiger partial charge in [0.2, 0.25) is 5.91 Å². The van der Waals surface area contributed by atoms with E-state index in [4.69, 9.17) is 4.42 Å². The lowest BCUT2D eigenvalue weighted by molar-refractivity contribution is -0.122. The number of rotatable bonds is 6. The average molecular weight is 402 g/mol. The molecule has 1 amide bonds. The minimum atomic E-state index is -1.26. The molecule has 0 spiro atoms. The van der Waals surface area contributed by atoms with E-state index in [2.05, 4.69) is 5.32 Å². The highest BCUT2D eigenvalue weighted by Gasteiger charge is 2.24. The maximum Gasteiger partial charge on any atom is 0.420 e. The number of para-hydroxylation sites is 2. The fraction of sp³-hybridized carbons (Fsp3) is 0.167. The van der Waals surface area contributed by atoms with E-state index in [1.807, 2.05) is 54.6 Å². The molecule has 0 aliphatic carbocycles. The van der Waals surface area contributed by atoms with Gasteiger partial charge in [0.15, 0.2) is 5.58 Å². The molecule has 0 saturated heterocycles. The minimum Gasteiger partial charge on any atom is -0.408 e. The van der Waals surface area contributed by atoms with Gasteiger partial charge in [0.1, 0.15) is 12.1 Å². The van der Waals surface area contributed by atoms with Gasteiger partial charge in [-0.25, -0.2) is 4.79 Å². The predicted molar refractivity (Wildman–Crippen MR) is 115 cm³/mol. The van der Waals surface area contributed by atoms with Crippen LogP contribution in [-0.4, -0.2) is 22.1 Å². The molecule has 6 nitrogen and oxygen atoms in total. The molecule has 0 saturated carbocycles. The van der Waals surface area contributed by atoms with E-state index < -0.39 is 11.4 Å². The third-order valence-corrected chi connectivity index (χ3v) is 5.12. The molecule has 1 aromatic heterocycles. The van der Waals surface area contributed by atoms with Crippen LogP contribution >= 0.6 is 0 Å². The maximum atomic E-state index is 12.4. The number of hydrogen-bond acceptors (Lipinski definition) is 4. The van der Waals surface area contributed by atoms with Gasteiger partial charge in [-0.15, -0.1) is 0 Å². The zero-order valence-corrected chi connectivity index (χ0v) is 16.5. The maximum absolute atomic E-state index is 12.4. The highest BCUT2D eigenvalue weighted by Crippen LogP contribution is 2.24. The first kappa shape index (κ1) is 19.7. The number of aliphatic hydroxyl groups is 1. The van der Waals surface area contributed by atoms with Crippen LogP contribution in [0, 0.1) is 0 Å². The number of carbonyl (C=O) groups is 1. The molecule has 30 heavy (non-hydrogen) atoms. The van der Waals surface area contributed by atoms with Crippen LogP contribution in [0.3, 0.4) is 0 Å². The summed E-state index contributed by atoms with van der Waals surface area (Å²) in [5.41, 5.74) is 2.56. The quantitative estimate of drug-likeness (QED) is 0.518. The molecule has 0 aliphatic heterocycles. The second kappa shape index (κ2) is 8.00. The van der Waals surface area contributed by atoms with Gasteiger partial charge in [-0.2, -0.15) is 0 Å². The minimum absolute atomic E-state index is 0.0149. The number of carbonyl (C=O) groups excluding carboxylic acids is 1. The van der Waals surface area contributed by atoms with E-state index in [0.717, 1.165) is 11.1 Å². The normalized spacial score (nSPS) is 13.1. The third-order valence-electron chi connectivity index (χ3n) is 5.12. The fourth-order valence-electron chi connectivity index (χ4n) is 3.39. The molecule has 0 fully saturated rings. The molecule has 152 valence electrons. The van der Waals surface area contributed by atoms with E-state index in [9.17, 15) is 14.7 Å². The van der Waals surface area contributed by atoms with Crippen molar-refractivity contribution in [1.82, 2.24) is 9.88 Å². The molecule has 0 aliphatic rings. The molecule has 2 N–H and O–H groups in total. The molecular formula is C24H22N2O4. The number of nitrogens with zero attached hydrogens (tertiary/aromatic N) is 1. The summed E-state index contributed by atoms with van der Waals surface area (Å²) in [5.74, 6) is -0.973. The Kier molecular flexibility index (Phi) is 5.25. The summed E-state index contributed by atoms with van der Waals surface area (Å²) in [7, 11) is 0. The fourth-order valence-corrected chi connectivity index (χ4v) is 3.39. The number of fused-ring (bicyclic) bond motifs is 1. The van der Waals surface area contributed by atoms with E-state index in [1.165, 1.54) is 4.57 Å². The van der Waals surface area contributed by atoms with Gasteiger partial charge in [-0.05, 0) is 35.7 Å². The lowest BCUT2D eigenvalue weighted by Crippen LogP contribution is -2.40. The average Bonchev–Trinajstić information content (AvgIpc) is 3.08. The summed E-state index contributed by atoms with van der Waals surface area (Å²) < 4.78 is 6.41. The highest BCUT2D eigenvalue weighted by atomic mass is 16.4. The summed E-state index contributed by atoms with van der Waals surface area (Å²) in [4.78, 5) is 24.4. The molecule has 0 bridgehead atoms. The van der Waals surface area contributed by atoms with Crippen LogP contribution in [0.15, 0.2) is 88.1 Å². The van der Waals surface area contributed by atoms with Crippen molar-refractivity contribution in [2.75, 3.05) is 6.54 Å². The van der Waals surface area contributed by atoms with E-state index in [-0.39, 0.29) is 19.0 Å². The Hall–Kier alpha value is -3.64. The summed E-state index contributed by atoms with van der Waals surface area (Å²) in [6.07, 6.45) is 0. The number of oxazole rings is 1. The number of hydrogen-bond donors (Lipinski definition) is 2. The van der Waals surface area contributed by atoms with Gasteiger partial charge < -0.3 is 14.8 Å². The number of amides is 1. The van der Waals surface area contributed by atoms with Crippen LogP contribution in [-0.2, 0) is 16.9 Å². The van der Waals surface area contributed by atoms with E-state index in [0.29, 0.717) is 16.7 Å². The number of nitrogens with one attached hydrogen (secondary N) is 1. The Bertz CT molecular complexity index is 1220. The van der Waals surface area contributed by atoms with Crippen molar-refractivity contribution in [3.63, 3.8) is 0 Å². The van der Waals surface area contributed by atoms with Crippen molar-refractivity contribution in [2.24, 2.45) is 0 Å². The Morgan fingerprint density at radius 3 is 2.33 bits per heavy atom. The molecular weight excluding hydrogens is 380 g/mol. The lowest BCUT2D eigenvalue weighted by Gasteiger charge is -2.24. The van der Waals surface area contributed by atoms with Gasteiger partial charge in [-0.3, -0.25) is 9.36 Å². The molecule has 1 atom stereocenters. The Labute approximate surface area is 173 Å². The summed E-state index contributed by atoms with van der Waals surface area (Å²) >= 11 is 0. The molecule has 1 heterocycles. The largest absolute Gasteiger partial charge is 0.420 e. The monoisotopic (exact) mass is 402 g/mol. The lowest BCUT2D eigenvalue weighted by atomic mass is 9.93. The molecule has 6 heteroatoms. The van der Waals surface area contributed by atoms with Crippen molar-refractivity contribution in [1.29, 1.82) is 0 Å². The van der Waals surface area contributed by atoms with Crippen molar-refractivity contribution >= 4 is 17.0 Å². The first-order valence-electron chi connectivity index (χ1n) is 9.67. The standard InChI is InChI=1S/C24H22N2O4/c1-24(29,19-13-11-18(12-14-19)17-7-3-2-4-8-17)16-25-22(27)15-26-20-9-5-6-10-21(20)30-23(26)28/h2-14,29H,15-16H2,1H3,(H,25,27)/t24-/m0/s1. The van der Waals surface area contributed by atoms with Crippen molar-refractivity contribution in [2.45, 2.75) is 19.1 Å². The summed E-state index contributed by atoms with van der Waals surface area (Å²) in [5, 5.41) is 13.6. The van der Waals surface area contributed by atoms with Gasteiger partial charge in [-0.1, -0.05) is 66.7 Å². The topological polar surface area (TPSA) is 84.5 Å². The molecule has 3 aromatic carbocycles. The second-order valence-corrected chi connectivity index (χ2v) is 7.42. The van der Waals surface area contributed by atoms with Gasteiger partial charge >= 0.3 is 5.76 Å². The number of aromatic nitrogens is 1. The summed E-state index contributed by atoms with van der Waals surface area (Å²) in [6.45, 7) is 1.48. The van der Waals surface area contributed by atoms with Gasteiger partial charge in [0.05, 0.1) is 12.1 Å². The van der Waals surface area contributed by atoms with Crippen LogP contribution in [0.5, 0.6) is 0 Å². The zero-order chi connectivity index (χ0) is 21.1. The van der Waals surface area contributed by atoms with Gasteiger partial charge in [0, 0.05) is 0 Å². The SMILES string of the molecule is C[C@](O)(CNC(=O)Cn1c(=O)oc2ccccc21)c1ccc(-c2ccccc2)cc1. The Morgan fingerprint density at radius 2 is 1.60 bits per heavy atom. The predicted octanol–water partition coefficient (Wildman–Crippen LogP) is 3.29. The van der Waals surface area contributed by atoms with Crippen molar-refractivity contribution < 1.29 is 14.3 Å². The Morgan fingerprint density at radius 1 is 0.967 bits per heavy atom. The molecule has 4 rings (SSSR count). The second-order valence-electron chi connectivity index (χ2n) is 7.42. The zero-order valence-electron chi connectivity index (χ0n) is 16.5. The Balaban J connectivity index is 1.42. The van der Waals surface area contributed by atoms with Crippen molar-refractivity contribution in [3.8, 4) is 11.1 Å². The van der Waals surface area contributed by atoms with Gasteiger partial charge in [0.25, 0.3) is 0 Å². The first-order chi connectivity index (χ1) is 14.4. The smallest absolute Gasteiger partial charge is 0.408 e. The molecule has 0 unspecified atom stereocenters. The molecule has 4 aromatic rings. The highest BCUT2D eigenvalue weighted by molar-refractivity contribution is 5.79. The van der Waals surface area contributed by atoms with Crippen molar-refractivity contribution in [3.05, 3.63) is 95.0 Å². The van der Waals surface area contributed by atoms with Crippen LogP contribution in [0.1, 0.15) is 12.5 Å². The van der Waals surface area contributed by atoms with Crippen LogP contribution in [0.4, 0.5) is 0 Å². The third kappa shape index (κ3) is 4.04.